The molecular formula is C16H10N4O3. The van der Waals surface area contributed by atoms with Gasteiger partial charge in [-0.15, -0.1) is 0 Å². The lowest BCUT2D eigenvalue weighted by atomic mass is 10.2. The number of nitrogens with zero attached hydrogens (tertiary/aromatic N) is 3. The predicted molar refractivity (Wildman–Crippen MR) is 81.7 cm³/mol. The Morgan fingerprint density at radius 1 is 1.17 bits per heavy atom. The van der Waals surface area contributed by atoms with Crippen LogP contribution in [0.15, 0.2) is 64.0 Å². The number of anilines is 1. The van der Waals surface area contributed by atoms with E-state index < -0.39 is 0 Å². The van der Waals surface area contributed by atoms with Gasteiger partial charge in [0.2, 0.25) is 5.89 Å². The lowest BCUT2D eigenvalue weighted by molar-refractivity contribution is 0.0996. The fourth-order valence-electron chi connectivity index (χ4n) is 2.12. The van der Waals surface area contributed by atoms with Gasteiger partial charge in [-0.25, -0.2) is 4.98 Å². The molecule has 4 aromatic heterocycles. The third kappa shape index (κ3) is 2.55. The average Bonchev–Trinajstić information content (AvgIpc) is 3.24. The number of nitrogens with one attached hydrogen (secondary N) is 1. The van der Waals surface area contributed by atoms with Gasteiger partial charge in [0.05, 0.1) is 23.7 Å². The fraction of sp³-hybridized carbons (Fsp3) is 0. The molecule has 0 aromatic carbocycles. The Bertz CT molecular complexity index is 943. The van der Waals surface area contributed by atoms with Crippen LogP contribution in [0, 0.1) is 0 Å². The van der Waals surface area contributed by atoms with E-state index in [4.69, 9.17) is 8.83 Å². The molecule has 0 unspecified atom stereocenters. The normalized spacial score (nSPS) is 10.8. The van der Waals surface area contributed by atoms with E-state index in [-0.39, 0.29) is 11.7 Å². The van der Waals surface area contributed by atoms with Crippen molar-refractivity contribution >= 4 is 22.8 Å². The lowest BCUT2D eigenvalue weighted by Gasteiger charge is -2.03. The Balaban J connectivity index is 1.64. The molecule has 4 aromatic rings. The molecule has 0 saturated heterocycles. The van der Waals surface area contributed by atoms with Gasteiger partial charge in [0.25, 0.3) is 5.91 Å². The second-order valence-electron chi connectivity index (χ2n) is 4.74. The van der Waals surface area contributed by atoms with Gasteiger partial charge in [-0.05, 0) is 30.3 Å². The Morgan fingerprint density at radius 2 is 2.13 bits per heavy atom. The molecule has 0 aliphatic rings. The molecule has 7 heteroatoms. The largest absolute Gasteiger partial charge is 0.459 e. The van der Waals surface area contributed by atoms with Crippen LogP contribution in [0.5, 0.6) is 0 Å². The first kappa shape index (κ1) is 13.2. The number of carbonyl (C=O) groups excluding carboxylic acids is 1. The Morgan fingerprint density at radius 3 is 2.96 bits per heavy atom. The van der Waals surface area contributed by atoms with Crippen LogP contribution >= 0.6 is 0 Å². The summed E-state index contributed by atoms with van der Waals surface area (Å²) in [6, 6.07) is 8.51. The second-order valence-corrected chi connectivity index (χ2v) is 4.74. The monoisotopic (exact) mass is 306 g/mol. The van der Waals surface area contributed by atoms with Gasteiger partial charge in [0.15, 0.2) is 17.0 Å². The van der Waals surface area contributed by atoms with Crippen LogP contribution in [-0.2, 0) is 0 Å². The number of hydrogen-bond acceptors (Lipinski definition) is 6. The van der Waals surface area contributed by atoms with Crippen molar-refractivity contribution in [1.82, 2.24) is 15.0 Å². The number of furan rings is 1. The topological polar surface area (TPSA) is 94.1 Å². The lowest BCUT2D eigenvalue weighted by Crippen LogP contribution is -2.11. The van der Waals surface area contributed by atoms with Crippen LogP contribution in [0.1, 0.15) is 10.6 Å². The quantitative estimate of drug-likeness (QED) is 0.625. The number of carbonyl (C=O) groups is 1. The van der Waals surface area contributed by atoms with Gasteiger partial charge in [0.1, 0.15) is 0 Å². The molecule has 0 aliphatic carbocycles. The minimum Gasteiger partial charge on any atom is -0.459 e. The maximum absolute atomic E-state index is 12.0. The molecule has 7 nitrogen and oxygen atoms in total. The number of amides is 1. The Labute approximate surface area is 130 Å². The standard InChI is InChI=1S/C16H10N4O3/c21-15(13-4-2-6-22-13)19-11-7-10(8-17-9-11)16-20-14-12(23-16)3-1-5-18-14/h1-9H,(H,19,21). The van der Waals surface area contributed by atoms with Gasteiger partial charge in [-0.3, -0.25) is 9.78 Å². The molecule has 0 spiro atoms. The summed E-state index contributed by atoms with van der Waals surface area (Å²) in [6.45, 7) is 0. The van der Waals surface area contributed by atoms with E-state index in [1.807, 2.05) is 0 Å². The van der Waals surface area contributed by atoms with Crippen LogP contribution in [0.2, 0.25) is 0 Å². The maximum Gasteiger partial charge on any atom is 0.291 e. The number of aromatic nitrogens is 3. The minimum atomic E-state index is -0.354. The van der Waals surface area contributed by atoms with Crippen molar-refractivity contribution in [1.29, 1.82) is 0 Å². The van der Waals surface area contributed by atoms with Crippen molar-refractivity contribution in [3.05, 3.63) is 60.9 Å². The second kappa shape index (κ2) is 5.38. The van der Waals surface area contributed by atoms with Crippen molar-refractivity contribution < 1.29 is 13.6 Å². The summed E-state index contributed by atoms with van der Waals surface area (Å²) in [5.41, 5.74) is 2.26. The highest BCUT2D eigenvalue weighted by molar-refractivity contribution is 6.02. The first-order valence-electron chi connectivity index (χ1n) is 6.81. The molecule has 1 amide bonds. The number of pyridine rings is 2. The molecule has 0 fully saturated rings. The van der Waals surface area contributed by atoms with Crippen LogP contribution in [0.4, 0.5) is 5.69 Å². The predicted octanol–water partition coefficient (Wildman–Crippen LogP) is 3.13. The third-order valence-corrected chi connectivity index (χ3v) is 3.15. The van der Waals surface area contributed by atoms with Crippen molar-refractivity contribution in [2.24, 2.45) is 0 Å². The van der Waals surface area contributed by atoms with E-state index >= 15 is 0 Å². The summed E-state index contributed by atoms with van der Waals surface area (Å²) in [6.07, 6.45) is 6.22. The summed E-state index contributed by atoms with van der Waals surface area (Å²) >= 11 is 0. The van der Waals surface area contributed by atoms with Gasteiger partial charge in [0, 0.05) is 12.4 Å². The number of hydrogen-bond donors (Lipinski definition) is 1. The summed E-state index contributed by atoms with van der Waals surface area (Å²) in [5.74, 6) is 0.259. The van der Waals surface area contributed by atoms with Crippen LogP contribution in [0.3, 0.4) is 0 Å². The first-order valence-corrected chi connectivity index (χ1v) is 6.81. The average molecular weight is 306 g/mol. The number of rotatable bonds is 3. The SMILES string of the molecule is O=C(Nc1cncc(-c2nc3ncccc3o2)c1)c1ccco1. The Hall–Kier alpha value is -3.48. The molecule has 0 bridgehead atoms. The molecule has 0 radical (unpaired) electrons. The molecule has 1 N–H and O–H groups in total. The van der Waals surface area contributed by atoms with Crippen molar-refractivity contribution in [3.63, 3.8) is 0 Å². The summed E-state index contributed by atoms with van der Waals surface area (Å²) in [4.78, 5) is 24.5. The highest BCUT2D eigenvalue weighted by Crippen LogP contribution is 2.24. The zero-order chi connectivity index (χ0) is 15.6. The third-order valence-electron chi connectivity index (χ3n) is 3.15. The first-order chi connectivity index (χ1) is 11.3. The highest BCUT2D eigenvalue weighted by Gasteiger charge is 2.12. The Kier molecular flexibility index (Phi) is 3.09. The zero-order valence-corrected chi connectivity index (χ0v) is 11.8. The molecule has 23 heavy (non-hydrogen) atoms. The van der Waals surface area contributed by atoms with E-state index in [0.717, 1.165) is 0 Å². The van der Waals surface area contributed by atoms with Gasteiger partial charge >= 0.3 is 0 Å². The molecular weight excluding hydrogens is 296 g/mol. The number of fused-ring (bicyclic) bond motifs is 1. The van der Waals surface area contributed by atoms with E-state index in [0.29, 0.717) is 28.4 Å². The van der Waals surface area contributed by atoms with Crippen molar-refractivity contribution in [2.45, 2.75) is 0 Å². The van der Waals surface area contributed by atoms with Crippen molar-refractivity contribution in [3.8, 4) is 11.5 Å². The van der Waals surface area contributed by atoms with Crippen molar-refractivity contribution in [2.75, 3.05) is 5.32 Å². The molecule has 0 aliphatic heterocycles. The molecule has 0 saturated carbocycles. The highest BCUT2D eigenvalue weighted by atomic mass is 16.3. The zero-order valence-electron chi connectivity index (χ0n) is 11.8. The van der Waals surface area contributed by atoms with E-state index in [1.54, 1.807) is 42.7 Å². The van der Waals surface area contributed by atoms with Gasteiger partial charge in [-0.2, -0.15) is 4.98 Å². The molecule has 0 atom stereocenters. The van der Waals surface area contributed by atoms with Gasteiger partial charge in [-0.1, -0.05) is 0 Å². The smallest absolute Gasteiger partial charge is 0.291 e. The van der Waals surface area contributed by atoms with Crippen LogP contribution < -0.4 is 5.32 Å². The fourth-order valence-corrected chi connectivity index (χ4v) is 2.12. The summed E-state index contributed by atoms with van der Waals surface area (Å²) in [7, 11) is 0. The summed E-state index contributed by atoms with van der Waals surface area (Å²) in [5, 5.41) is 2.71. The van der Waals surface area contributed by atoms with E-state index in [2.05, 4.69) is 20.3 Å². The van der Waals surface area contributed by atoms with E-state index in [1.165, 1.54) is 12.5 Å². The maximum atomic E-state index is 12.0. The van der Waals surface area contributed by atoms with Gasteiger partial charge < -0.3 is 14.2 Å². The minimum absolute atomic E-state index is 0.224. The van der Waals surface area contributed by atoms with E-state index in [9.17, 15) is 4.79 Å². The number of oxazole rings is 1. The van der Waals surface area contributed by atoms with Crippen LogP contribution in [0.25, 0.3) is 22.7 Å². The van der Waals surface area contributed by atoms with Crippen LogP contribution in [-0.4, -0.2) is 20.9 Å². The molecule has 112 valence electrons. The molecule has 4 heterocycles. The molecule has 4 rings (SSSR count). The summed E-state index contributed by atoms with van der Waals surface area (Å²) < 4.78 is 10.7.